The molecule has 0 fully saturated rings. The smallest absolute Gasteiger partial charge is 0.377 e. The molecule has 14 heteroatoms. The third-order valence-electron chi connectivity index (χ3n) is 4.43. The molecule has 2 aromatic heterocycles. The average molecular weight is 475 g/mol. The van der Waals surface area contributed by atoms with E-state index in [4.69, 9.17) is 5.11 Å². The predicted octanol–water partition coefficient (Wildman–Crippen LogP) is 2.30. The van der Waals surface area contributed by atoms with E-state index in [0.29, 0.717) is 35.1 Å². The molecule has 0 amide bonds. The first kappa shape index (κ1) is 24.1. The van der Waals surface area contributed by atoms with Gasteiger partial charge >= 0.3 is 12.1 Å². The molecule has 0 saturated heterocycles. The quantitative estimate of drug-likeness (QED) is 0.435. The van der Waals surface area contributed by atoms with Crippen LogP contribution in [0, 0.1) is 23.5 Å². The van der Waals surface area contributed by atoms with Crippen LogP contribution in [0.5, 0.6) is 0 Å². The maximum atomic E-state index is 15.5. The van der Waals surface area contributed by atoms with Crippen LogP contribution in [0.2, 0.25) is 0 Å². The van der Waals surface area contributed by atoms with Crippen LogP contribution < -0.4 is 0 Å². The fourth-order valence-electron chi connectivity index (χ4n) is 2.76. The zero-order valence-electron chi connectivity index (χ0n) is 16.1. The van der Waals surface area contributed by atoms with Crippen molar-refractivity contribution in [1.82, 2.24) is 25.2 Å². The van der Waals surface area contributed by atoms with Gasteiger partial charge in [-0.1, -0.05) is 11.8 Å². The van der Waals surface area contributed by atoms with Crippen LogP contribution in [-0.2, 0) is 18.1 Å². The number of aliphatic hydroxyl groups excluding tert-OH is 1. The Morgan fingerprint density at radius 3 is 2.33 bits per heavy atom. The molecule has 1 aromatic carbocycles. The van der Waals surface area contributed by atoms with Crippen LogP contribution in [0.25, 0.3) is 0 Å². The third kappa shape index (κ3) is 4.94. The molecule has 0 saturated carbocycles. The first-order chi connectivity index (χ1) is 15.3. The fourth-order valence-corrected chi connectivity index (χ4v) is 2.76. The molecule has 2 atom stereocenters. The summed E-state index contributed by atoms with van der Waals surface area (Å²) in [6.07, 6.45) is -6.40. The predicted molar refractivity (Wildman–Crippen MR) is 95.1 cm³/mol. The van der Waals surface area contributed by atoms with Crippen LogP contribution in [-0.4, -0.2) is 47.7 Å². The highest BCUT2D eigenvalue weighted by Gasteiger charge is 2.58. The van der Waals surface area contributed by atoms with Crippen LogP contribution in [0.4, 0.5) is 30.7 Å². The van der Waals surface area contributed by atoms with Gasteiger partial charge in [0.2, 0.25) is 6.10 Å². The molecule has 2 unspecified atom stereocenters. The van der Waals surface area contributed by atoms with Gasteiger partial charge in [0.05, 0.1) is 6.54 Å². The summed E-state index contributed by atoms with van der Waals surface area (Å²) in [6, 6.07) is 3.10. The van der Waals surface area contributed by atoms with Crippen molar-refractivity contribution in [3.05, 3.63) is 71.3 Å². The van der Waals surface area contributed by atoms with Crippen molar-refractivity contribution in [2.75, 3.05) is 0 Å². The van der Waals surface area contributed by atoms with E-state index in [0.717, 1.165) is 12.4 Å². The summed E-state index contributed by atoms with van der Waals surface area (Å²) in [5, 5.41) is 29.7. The lowest BCUT2D eigenvalue weighted by atomic mass is 9.84. The minimum atomic E-state index is -5.00. The minimum absolute atomic E-state index is 0.255. The first-order valence-corrected chi connectivity index (χ1v) is 8.84. The summed E-state index contributed by atoms with van der Waals surface area (Å²) in [5.41, 5.74) is -5.71. The fraction of sp³-hybridized carbons (Fsp3) is 0.263. The standard InChI is InChI=1S/C19H12F7N5O2/c20-12-3-4-13(14(21)7-12)17(33,9-31-10-28-29-30-31)18(22,23)15-5-1-11(8-27-15)2-6-16(32)19(24,25)26/h1,3-5,7-8,10,16,32-33H,9H2. The topological polar surface area (TPSA) is 97.0 Å². The van der Waals surface area contributed by atoms with Crippen molar-refractivity contribution >= 4 is 0 Å². The molecular weight excluding hydrogens is 463 g/mol. The number of nitrogens with zero attached hydrogens (tertiary/aromatic N) is 5. The van der Waals surface area contributed by atoms with Crippen molar-refractivity contribution in [2.45, 2.75) is 30.3 Å². The largest absolute Gasteiger partial charge is 0.425 e. The maximum Gasteiger partial charge on any atom is 0.425 e. The number of tetrazole rings is 1. The van der Waals surface area contributed by atoms with Gasteiger partial charge in [-0.25, -0.2) is 13.5 Å². The number of hydrogen-bond donors (Lipinski definition) is 2. The summed E-state index contributed by atoms with van der Waals surface area (Å²) in [4.78, 5) is 3.43. The Morgan fingerprint density at radius 2 is 1.79 bits per heavy atom. The zero-order valence-corrected chi connectivity index (χ0v) is 16.1. The van der Waals surface area contributed by atoms with E-state index < -0.39 is 53.2 Å². The van der Waals surface area contributed by atoms with E-state index in [1.165, 1.54) is 5.92 Å². The van der Waals surface area contributed by atoms with Gasteiger partial charge in [0.15, 0.2) is 5.60 Å². The van der Waals surface area contributed by atoms with Gasteiger partial charge in [0.1, 0.15) is 23.7 Å². The normalized spacial score (nSPS) is 14.8. The van der Waals surface area contributed by atoms with Crippen LogP contribution in [0.1, 0.15) is 16.8 Å². The van der Waals surface area contributed by atoms with E-state index in [2.05, 4.69) is 20.5 Å². The Labute approximate surface area is 180 Å². The molecule has 2 N–H and O–H groups in total. The molecule has 3 rings (SSSR count). The number of halogens is 7. The highest BCUT2D eigenvalue weighted by Crippen LogP contribution is 2.46. The summed E-state index contributed by atoms with van der Waals surface area (Å²) in [5.74, 6) is -3.48. The molecule has 0 aliphatic rings. The number of aromatic nitrogens is 5. The monoisotopic (exact) mass is 475 g/mol. The van der Waals surface area contributed by atoms with E-state index in [9.17, 15) is 27.1 Å². The van der Waals surface area contributed by atoms with Crippen molar-refractivity contribution < 1.29 is 40.9 Å². The lowest BCUT2D eigenvalue weighted by Crippen LogP contribution is -2.48. The van der Waals surface area contributed by atoms with Gasteiger partial charge in [0.25, 0.3) is 0 Å². The molecule has 33 heavy (non-hydrogen) atoms. The second-order valence-corrected chi connectivity index (χ2v) is 6.71. The second-order valence-electron chi connectivity index (χ2n) is 6.71. The molecule has 0 aliphatic heterocycles. The Kier molecular flexibility index (Phi) is 6.39. The van der Waals surface area contributed by atoms with Gasteiger partial charge in [-0.3, -0.25) is 4.98 Å². The van der Waals surface area contributed by atoms with Crippen molar-refractivity contribution in [3.8, 4) is 11.8 Å². The zero-order chi connectivity index (χ0) is 24.4. The molecule has 3 aromatic rings. The number of hydrogen-bond acceptors (Lipinski definition) is 6. The van der Waals surface area contributed by atoms with Crippen molar-refractivity contribution in [2.24, 2.45) is 0 Å². The van der Waals surface area contributed by atoms with Gasteiger partial charge in [0, 0.05) is 23.4 Å². The number of pyridine rings is 1. The van der Waals surface area contributed by atoms with Crippen LogP contribution >= 0.6 is 0 Å². The molecule has 7 nitrogen and oxygen atoms in total. The Balaban J connectivity index is 2.02. The lowest BCUT2D eigenvalue weighted by Gasteiger charge is -2.35. The van der Waals surface area contributed by atoms with Gasteiger partial charge in [-0.15, -0.1) is 5.10 Å². The number of rotatable bonds is 5. The SMILES string of the molecule is OC(C#Cc1ccc(C(F)(F)C(O)(Cn2cnnn2)c2ccc(F)cc2F)nc1)C(F)(F)F. The highest BCUT2D eigenvalue weighted by atomic mass is 19.4. The summed E-state index contributed by atoms with van der Waals surface area (Å²) >= 11 is 0. The highest BCUT2D eigenvalue weighted by molar-refractivity contribution is 5.36. The second kappa shape index (κ2) is 8.75. The van der Waals surface area contributed by atoms with E-state index in [1.807, 2.05) is 5.92 Å². The molecule has 0 bridgehead atoms. The molecule has 0 aliphatic carbocycles. The molecule has 174 valence electrons. The van der Waals surface area contributed by atoms with Gasteiger partial charge in [-0.2, -0.15) is 22.0 Å². The molecule has 2 heterocycles. The Bertz CT molecular complexity index is 1170. The Morgan fingerprint density at radius 1 is 1.06 bits per heavy atom. The maximum absolute atomic E-state index is 15.5. The van der Waals surface area contributed by atoms with E-state index in [1.54, 1.807) is 0 Å². The first-order valence-electron chi connectivity index (χ1n) is 8.84. The summed E-state index contributed by atoms with van der Waals surface area (Å²) in [7, 11) is 0. The van der Waals surface area contributed by atoms with Crippen LogP contribution in [0.3, 0.4) is 0 Å². The van der Waals surface area contributed by atoms with Gasteiger partial charge < -0.3 is 10.2 Å². The molecular formula is C19H12F7N5O2. The lowest BCUT2D eigenvalue weighted by molar-refractivity contribution is -0.207. The van der Waals surface area contributed by atoms with Crippen LogP contribution in [0.15, 0.2) is 42.9 Å². The summed E-state index contributed by atoms with van der Waals surface area (Å²) < 4.78 is 96.3. The third-order valence-corrected chi connectivity index (χ3v) is 4.43. The average Bonchev–Trinajstić information content (AvgIpc) is 3.24. The van der Waals surface area contributed by atoms with Crippen molar-refractivity contribution in [3.63, 3.8) is 0 Å². The van der Waals surface area contributed by atoms with Gasteiger partial charge in [-0.05, 0) is 34.7 Å². The number of benzene rings is 1. The minimum Gasteiger partial charge on any atom is -0.377 e. The van der Waals surface area contributed by atoms with E-state index in [-0.39, 0.29) is 5.56 Å². The number of aliphatic hydroxyl groups is 2. The molecule has 0 radical (unpaired) electrons. The van der Waals surface area contributed by atoms with Crippen molar-refractivity contribution in [1.29, 1.82) is 0 Å². The van der Waals surface area contributed by atoms with E-state index >= 15 is 8.78 Å². The molecule has 0 spiro atoms. The summed E-state index contributed by atoms with van der Waals surface area (Å²) in [6.45, 7) is -1.07. The number of alkyl halides is 5. The Hall–Kier alpha value is -3.57.